The molecule has 0 aromatic rings. The zero-order chi connectivity index (χ0) is 15.1. The maximum atomic E-state index is 10.9. The van der Waals surface area contributed by atoms with Gasteiger partial charge in [-0.15, -0.1) is 0 Å². The van der Waals surface area contributed by atoms with Crippen molar-refractivity contribution in [1.82, 2.24) is 0 Å². The van der Waals surface area contributed by atoms with Gasteiger partial charge in [-0.1, -0.05) is 84.0 Å². The van der Waals surface area contributed by atoms with Gasteiger partial charge in [0.2, 0.25) is 0 Å². The highest BCUT2D eigenvalue weighted by atomic mass is 31.2. The molecular formula is C16H35O3P. The summed E-state index contributed by atoms with van der Waals surface area (Å²) in [6, 6.07) is 0. The van der Waals surface area contributed by atoms with Crippen molar-refractivity contribution in [1.29, 1.82) is 0 Å². The van der Waals surface area contributed by atoms with E-state index in [9.17, 15) is 4.57 Å². The molecule has 3 nitrogen and oxygen atoms in total. The average Bonchev–Trinajstić information content (AvgIpc) is 2.38. The van der Waals surface area contributed by atoms with Crippen LogP contribution in [-0.2, 0) is 9.09 Å². The maximum absolute atomic E-state index is 10.9. The first-order valence-corrected chi connectivity index (χ1v) is 10.5. The zero-order valence-electron chi connectivity index (χ0n) is 13.6. The molecular weight excluding hydrogens is 271 g/mol. The lowest BCUT2D eigenvalue weighted by atomic mass is 10.0. The Morgan fingerprint density at radius 2 is 1.10 bits per heavy atom. The first-order chi connectivity index (χ1) is 9.56. The van der Waals surface area contributed by atoms with Gasteiger partial charge in [0.05, 0.1) is 6.61 Å². The average molecular weight is 306 g/mol. The van der Waals surface area contributed by atoms with Crippen molar-refractivity contribution in [2.45, 2.75) is 90.4 Å². The molecule has 4 heteroatoms. The maximum Gasteiger partial charge on any atom is 0.325 e. The molecule has 0 aliphatic rings. The molecule has 0 saturated carbocycles. The molecule has 0 fully saturated rings. The van der Waals surface area contributed by atoms with Crippen molar-refractivity contribution in [3.8, 4) is 0 Å². The Kier molecular flexibility index (Phi) is 14.2. The summed E-state index contributed by atoms with van der Waals surface area (Å²) in [6.45, 7) is 3.92. The monoisotopic (exact) mass is 306 g/mol. The summed E-state index contributed by atoms with van der Waals surface area (Å²) in [5, 5.41) is 0. The molecule has 0 aromatic carbocycles. The van der Waals surface area contributed by atoms with Crippen LogP contribution in [0.5, 0.6) is 0 Å². The van der Waals surface area contributed by atoms with Crippen LogP contribution in [0.2, 0.25) is 0 Å². The molecule has 122 valence electrons. The topological polar surface area (TPSA) is 46.5 Å². The van der Waals surface area contributed by atoms with Gasteiger partial charge < -0.3 is 9.42 Å². The molecule has 0 bridgehead atoms. The van der Waals surface area contributed by atoms with E-state index in [0.717, 1.165) is 12.8 Å². The van der Waals surface area contributed by atoms with Crippen LogP contribution >= 0.6 is 7.60 Å². The van der Waals surface area contributed by atoms with E-state index in [1.165, 1.54) is 77.3 Å². The van der Waals surface area contributed by atoms with Gasteiger partial charge in [0.1, 0.15) is 0 Å². The highest BCUT2D eigenvalue weighted by Crippen LogP contribution is 2.36. The van der Waals surface area contributed by atoms with E-state index in [1.54, 1.807) is 0 Å². The van der Waals surface area contributed by atoms with Gasteiger partial charge >= 0.3 is 7.60 Å². The minimum absolute atomic E-state index is 0.419. The Balaban J connectivity index is 3.01. The van der Waals surface area contributed by atoms with E-state index < -0.39 is 7.60 Å². The number of hydrogen-bond donors (Lipinski definition) is 1. The van der Waals surface area contributed by atoms with E-state index in [4.69, 9.17) is 9.42 Å². The molecule has 0 saturated heterocycles. The smallest absolute Gasteiger partial charge is 0.324 e. The molecule has 0 rings (SSSR count). The van der Waals surface area contributed by atoms with Crippen molar-refractivity contribution in [2.75, 3.05) is 13.3 Å². The summed E-state index contributed by atoms with van der Waals surface area (Å²) in [5.41, 5.74) is 0. The van der Waals surface area contributed by atoms with Crippen LogP contribution < -0.4 is 0 Å². The van der Waals surface area contributed by atoms with E-state index in [0.29, 0.717) is 6.61 Å². The predicted molar refractivity (Wildman–Crippen MR) is 87.4 cm³/mol. The minimum Gasteiger partial charge on any atom is -0.324 e. The van der Waals surface area contributed by atoms with Crippen molar-refractivity contribution >= 4 is 7.60 Å². The molecule has 20 heavy (non-hydrogen) atoms. The summed E-state index contributed by atoms with van der Waals surface area (Å²) in [7, 11) is -3.25. The van der Waals surface area contributed by atoms with Gasteiger partial charge in [-0.3, -0.25) is 4.57 Å². The summed E-state index contributed by atoms with van der Waals surface area (Å²) in [5.74, 6) is 0. The first kappa shape index (κ1) is 20.1. The Hall–Kier alpha value is 0.150. The Labute approximate surface area is 126 Å². The summed E-state index contributed by atoms with van der Waals surface area (Å²) in [6.07, 6.45) is 17.0. The van der Waals surface area contributed by atoms with Crippen LogP contribution in [0.1, 0.15) is 90.4 Å². The van der Waals surface area contributed by atoms with Gasteiger partial charge in [-0.2, -0.15) is 0 Å². The van der Waals surface area contributed by atoms with Gasteiger partial charge in [0, 0.05) is 6.66 Å². The van der Waals surface area contributed by atoms with E-state index in [1.807, 2.05) is 0 Å². The van der Waals surface area contributed by atoms with Crippen LogP contribution in [-0.4, -0.2) is 18.2 Å². The Bertz CT molecular complexity index is 238. The molecule has 0 spiro atoms. The fourth-order valence-electron chi connectivity index (χ4n) is 2.35. The van der Waals surface area contributed by atoms with Gasteiger partial charge in [-0.05, 0) is 6.42 Å². The Morgan fingerprint density at radius 3 is 1.45 bits per heavy atom. The van der Waals surface area contributed by atoms with Gasteiger partial charge in [0.25, 0.3) is 0 Å². The van der Waals surface area contributed by atoms with Crippen LogP contribution in [0, 0.1) is 0 Å². The third-order valence-corrected chi connectivity index (χ3v) is 4.24. The number of hydrogen-bond acceptors (Lipinski definition) is 2. The summed E-state index contributed by atoms with van der Waals surface area (Å²) < 4.78 is 15.7. The highest BCUT2D eigenvalue weighted by molar-refractivity contribution is 7.51. The molecule has 0 aliphatic carbocycles. The van der Waals surface area contributed by atoms with Crippen LogP contribution in [0.15, 0.2) is 0 Å². The van der Waals surface area contributed by atoms with Crippen molar-refractivity contribution in [3.63, 3.8) is 0 Å². The second kappa shape index (κ2) is 14.1. The molecule has 0 aliphatic heterocycles. The van der Waals surface area contributed by atoms with Crippen molar-refractivity contribution < 1.29 is 14.0 Å². The zero-order valence-corrected chi connectivity index (χ0v) is 14.5. The van der Waals surface area contributed by atoms with Crippen molar-refractivity contribution in [3.05, 3.63) is 0 Å². The minimum atomic E-state index is -3.25. The van der Waals surface area contributed by atoms with E-state index in [2.05, 4.69) is 6.92 Å². The highest BCUT2D eigenvalue weighted by Gasteiger charge is 2.08. The molecule has 1 N–H and O–H groups in total. The normalized spacial score (nSPS) is 14.3. The second-order valence-electron chi connectivity index (χ2n) is 5.88. The van der Waals surface area contributed by atoms with Crippen molar-refractivity contribution in [2.24, 2.45) is 0 Å². The van der Waals surface area contributed by atoms with Crippen LogP contribution in [0.25, 0.3) is 0 Å². The molecule has 0 heterocycles. The van der Waals surface area contributed by atoms with Gasteiger partial charge in [0.15, 0.2) is 0 Å². The number of unbranched alkanes of at least 4 members (excludes halogenated alkanes) is 12. The fourth-order valence-corrected chi connectivity index (χ4v) is 2.82. The lowest BCUT2D eigenvalue weighted by Crippen LogP contribution is -1.91. The second-order valence-corrected chi connectivity index (χ2v) is 7.74. The third-order valence-electron chi connectivity index (χ3n) is 3.58. The van der Waals surface area contributed by atoms with Crippen LogP contribution in [0.4, 0.5) is 0 Å². The molecule has 0 radical (unpaired) electrons. The fraction of sp³-hybridized carbons (Fsp3) is 1.00. The summed E-state index contributed by atoms with van der Waals surface area (Å²) >= 11 is 0. The summed E-state index contributed by atoms with van der Waals surface area (Å²) in [4.78, 5) is 8.94. The molecule has 0 amide bonds. The van der Waals surface area contributed by atoms with E-state index >= 15 is 0 Å². The van der Waals surface area contributed by atoms with E-state index in [-0.39, 0.29) is 0 Å². The SMILES string of the molecule is CCCCCCCCCCCCCCCOP(C)(=O)O. The molecule has 1 atom stereocenters. The van der Waals surface area contributed by atoms with Crippen LogP contribution in [0.3, 0.4) is 0 Å². The molecule has 0 aromatic heterocycles. The lowest BCUT2D eigenvalue weighted by Gasteiger charge is -2.06. The lowest BCUT2D eigenvalue weighted by molar-refractivity contribution is 0.257. The quantitative estimate of drug-likeness (QED) is 0.302. The predicted octanol–water partition coefficient (Wildman–Crippen LogP) is 5.91. The third kappa shape index (κ3) is 18.1. The largest absolute Gasteiger partial charge is 0.325 e. The first-order valence-electron chi connectivity index (χ1n) is 8.51. The standard InChI is InChI=1S/C16H35O3P/c1-3-4-5-6-7-8-9-10-11-12-13-14-15-16-19-20(2,17)18/h3-16H2,1-2H3,(H,17,18). The number of rotatable bonds is 15. The van der Waals surface area contributed by atoms with Gasteiger partial charge in [-0.25, -0.2) is 0 Å². The Morgan fingerprint density at radius 1 is 0.750 bits per heavy atom. The molecule has 1 unspecified atom stereocenters.